The zero-order chi connectivity index (χ0) is 12.0. The summed E-state index contributed by atoms with van der Waals surface area (Å²) in [4.78, 5) is 0. The van der Waals surface area contributed by atoms with Gasteiger partial charge >= 0.3 is 0 Å². The number of rotatable bonds is 6. The van der Waals surface area contributed by atoms with Crippen LogP contribution in [0, 0.1) is 6.92 Å². The van der Waals surface area contributed by atoms with E-state index in [-0.39, 0.29) is 12.1 Å². The number of benzene rings is 1. The predicted molar refractivity (Wildman–Crippen MR) is 71.9 cm³/mol. The standard InChI is InChI=1S/C13H21NOS/c1-11-5-4-6-12(7-11)8-16-10-13(2,9-15)14-3/h4-7,14-15H,8-10H2,1-3H3. The fourth-order valence-electron chi connectivity index (χ4n) is 1.39. The molecule has 1 aromatic rings. The van der Waals surface area contributed by atoms with Crippen molar-refractivity contribution in [2.24, 2.45) is 0 Å². The minimum absolute atomic E-state index is 0.171. The topological polar surface area (TPSA) is 32.3 Å². The second kappa shape index (κ2) is 6.28. The van der Waals surface area contributed by atoms with E-state index in [1.54, 1.807) is 0 Å². The summed E-state index contributed by atoms with van der Waals surface area (Å²) in [5.41, 5.74) is 2.48. The molecule has 2 N–H and O–H groups in total. The van der Waals surface area contributed by atoms with Crippen molar-refractivity contribution in [3.8, 4) is 0 Å². The number of aliphatic hydroxyl groups excluding tert-OH is 1. The van der Waals surface area contributed by atoms with Crippen LogP contribution in [0.15, 0.2) is 24.3 Å². The van der Waals surface area contributed by atoms with Gasteiger partial charge in [0.2, 0.25) is 0 Å². The van der Waals surface area contributed by atoms with E-state index in [4.69, 9.17) is 0 Å². The number of likely N-dealkylation sites (N-methyl/N-ethyl adjacent to an activating group) is 1. The molecular weight excluding hydrogens is 218 g/mol. The van der Waals surface area contributed by atoms with Crippen LogP contribution in [0.5, 0.6) is 0 Å². The first-order valence-electron chi connectivity index (χ1n) is 5.53. The fraction of sp³-hybridized carbons (Fsp3) is 0.538. The van der Waals surface area contributed by atoms with E-state index in [9.17, 15) is 5.11 Å². The quantitative estimate of drug-likeness (QED) is 0.798. The van der Waals surface area contributed by atoms with Crippen LogP contribution in [0.1, 0.15) is 18.1 Å². The van der Waals surface area contributed by atoms with Gasteiger partial charge in [0.1, 0.15) is 0 Å². The lowest BCUT2D eigenvalue weighted by Gasteiger charge is -2.26. The lowest BCUT2D eigenvalue weighted by molar-refractivity contribution is 0.200. The van der Waals surface area contributed by atoms with E-state index in [0.29, 0.717) is 0 Å². The maximum atomic E-state index is 9.25. The molecule has 0 saturated carbocycles. The number of hydrogen-bond acceptors (Lipinski definition) is 3. The van der Waals surface area contributed by atoms with Crippen molar-refractivity contribution >= 4 is 11.8 Å². The summed E-state index contributed by atoms with van der Waals surface area (Å²) in [7, 11) is 1.89. The Bertz CT molecular complexity index is 323. The molecule has 0 fully saturated rings. The van der Waals surface area contributed by atoms with Crippen molar-refractivity contribution in [2.45, 2.75) is 25.1 Å². The van der Waals surface area contributed by atoms with Gasteiger partial charge in [0, 0.05) is 17.0 Å². The molecule has 0 aliphatic carbocycles. The summed E-state index contributed by atoms with van der Waals surface area (Å²) in [5, 5.41) is 12.4. The Morgan fingerprint density at radius 3 is 2.75 bits per heavy atom. The third-order valence-electron chi connectivity index (χ3n) is 2.72. The molecule has 0 aromatic heterocycles. The van der Waals surface area contributed by atoms with Crippen LogP contribution in [0.2, 0.25) is 0 Å². The van der Waals surface area contributed by atoms with E-state index in [0.717, 1.165) is 11.5 Å². The number of aryl methyl sites for hydroxylation is 1. The number of thioether (sulfide) groups is 1. The van der Waals surface area contributed by atoms with Crippen molar-refractivity contribution in [3.05, 3.63) is 35.4 Å². The van der Waals surface area contributed by atoms with Gasteiger partial charge in [0.25, 0.3) is 0 Å². The lowest BCUT2D eigenvalue weighted by atomic mass is 10.1. The summed E-state index contributed by atoms with van der Waals surface area (Å²) in [5.74, 6) is 1.91. The summed E-state index contributed by atoms with van der Waals surface area (Å²) in [6.45, 7) is 4.32. The zero-order valence-corrected chi connectivity index (χ0v) is 11.1. The third-order valence-corrected chi connectivity index (χ3v) is 4.10. The van der Waals surface area contributed by atoms with Gasteiger partial charge < -0.3 is 10.4 Å². The normalized spacial score (nSPS) is 14.8. The van der Waals surface area contributed by atoms with Gasteiger partial charge in [-0.2, -0.15) is 11.8 Å². The summed E-state index contributed by atoms with van der Waals surface area (Å²) < 4.78 is 0. The Balaban J connectivity index is 2.41. The molecule has 0 saturated heterocycles. The van der Waals surface area contributed by atoms with Gasteiger partial charge in [0.15, 0.2) is 0 Å². The molecule has 0 radical (unpaired) electrons. The highest BCUT2D eigenvalue weighted by molar-refractivity contribution is 7.98. The van der Waals surface area contributed by atoms with E-state index < -0.39 is 0 Å². The molecule has 1 rings (SSSR count). The van der Waals surface area contributed by atoms with Gasteiger partial charge in [-0.15, -0.1) is 0 Å². The minimum atomic E-state index is -0.172. The second-order valence-corrected chi connectivity index (χ2v) is 5.44. The van der Waals surface area contributed by atoms with Gasteiger partial charge in [-0.1, -0.05) is 29.8 Å². The van der Waals surface area contributed by atoms with Crippen LogP contribution in [0.25, 0.3) is 0 Å². The number of aliphatic hydroxyl groups is 1. The SMILES string of the molecule is CNC(C)(CO)CSCc1cccc(C)c1. The zero-order valence-electron chi connectivity index (χ0n) is 10.3. The molecule has 0 bridgehead atoms. The second-order valence-electron chi connectivity index (χ2n) is 4.45. The van der Waals surface area contributed by atoms with Crippen LogP contribution < -0.4 is 5.32 Å². The van der Waals surface area contributed by atoms with Gasteiger partial charge in [-0.05, 0) is 26.5 Å². The first kappa shape index (κ1) is 13.6. The molecule has 0 amide bonds. The highest BCUT2D eigenvalue weighted by Crippen LogP contribution is 2.18. The molecule has 0 aliphatic heterocycles. The van der Waals surface area contributed by atoms with Crippen LogP contribution in [-0.2, 0) is 5.75 Å². The van der Waals surface area contributed by atoms with Gasteiger partial charge in [0.05, 0.1) is 6.61 Å². The smallest absolute Gasteiger partial charge is 0.0618 e. The molecule has 2 nitrogen and oxygen atoms in total. The summed E-state index contributed by atoms with van der Waals surface area (Å²) in [6, 6.07) is 8.56. The predicted octanol–water partition coefficient (Wildman–Crippen LogP) is 2.20. The van der Waals surface area contributed by atoms with E-state index in [1.807, 2.05) is 25.7 Å². The molecule has 1 unspecified atom stereocenters. The van der Waals surface area contributed by atoms with Crippen molar-refractivity contribution in [1.82, 2.24) is 5.32 Å². The molecule has 16 heavy (non-hydrogen) atoms. The van der Waals surface area contributed by atoms with Crippen molar-refractivity contribution < 1.29 is 5.11 Å². The van der Waals surface area contributed by atoms with Crippen molar-refractivity contribution in [3.63, 3.8) is 0 Å². The third kappa shape index (κ3) is 4.16. The van der Waals surface area contributed by atoms with E-state index in [2.05, 4.69) is 36.5 Å². The highest BCUT2D eigenvalue weighted by atomic mass is 32.2. The number of hydrogen-bond donors (Lipinski definition) is 2. The molecular formula is C13H21NOS. The Morgan fingerprint density at radius 1 is 1.44 bits per heavy atom. The summed E-state index contributed by atoms with van der Waals surface area (Å²) >= 11 is 1.85. The Labute approximate surface area is 102 Å². The molecule has 0 aliphatic rings. The van der Waals surface area contributed by atoms with Gasteiger partial charge in [-0.3, -0.25) is 0 Å². The highest BCUT2D eigenvalue weighted by Gasteiger charge is 2.20. The average Bonchev–Trinajstić information content (AvgIpc) is 2.29. The molecule has 90 valence electrons. The van der Waals surface area contributed by atoms with E-state index in [1.165, 1.54) is 11.1 Å². The minimum Gasteiger partial charge on any atom is -0.394 e. The molecule has 3 heteroatoms. The molecule has 1 atom stereocenters. The molecule has 0 spiro atoms. The van der Waals surface area contributed by atoms with Crippen LogP contribution >= 0.6 is 11.8 Å². The average molecular weight is 239 g/mol. The maximum Gasteiger partial charge on any atom is 0.0618 e. The number of nitrogens with one attached hydrogen (secondary N) is 1. The Hall–Kier alpha value is -0.510. The Kier molecular flexibility index (Phi) is 5.32. The van der Waals surface area contributed by atoms with Crippen molar-refractivity contribution in [1.29, 1.82) is 0 Å². The van der Waals surface area contributed by atoms with Crippen LogP contribution in [0.4, 0.5) is 0 Å². The monoisotopic (exact) mass is 239 g/mol. The largest absolute Gasteiger partial charge is 0.394 e. The van der Waals surface area contributed by atoms with Crippen molar-refractivity contribution in [2.75, 3.05) is 19.4 Å². The molecule has 1 aromatic carbocycles. The van der Waals surface area contributed by atoms with E-state index >= 15 is 0 Å². The molecule has 0 heterocycles. The van der Waals surface area contributed by atoms with Crippen LogP contribution in [0.3, 0.4) is 0 Å². The lowest BCUT2D eigenvalue weighted by Crippen LogP contribution is -2.45. The first-order chi connectivity index (χ1) is 7.59. The Morgan fingerprint density at radius 2 is 2.19 bits per heavy atom. The maximum absolute atomic E-state index is 9.25. The first-order valence-corrected chi connectivity index (χ1v) is 6.68. The van der Waals surface area contributed by atoms with Gasteiger partial charge in [-0.25, -0.2) is 0 Å². The summed E-state index contributed by atoms with van der Waals surface area (Å²) in [6.07, 6.45) is 0. The van der Waals surface area contributed by atoms with Crippen LogP contribution in [-0.4, -0.2) is 30.1 Å². The fourth-order valence-corrected chi connectivity index (χ4v) is 2.60.